The number of ether oxygens (including phenoxy) is 1. The molecule has 5 nitrogen and oxygen atoms in total. The summed E-state index contributed by atoms with van der Waals surface area (Å²) in [4.78, 5) is 10.2. The van der Waals surface area contributed by atoms with E-state index in [4.69, 9.17) is 4.74 Å². The number of benzene rings is 1. The van der Waals surface area contributed by atoms with Crippen molar-refractivity contribution in [2.45, 2.75) is 37.8 Å². The zero-order valence-corrected chi connectivity index (χ0v) is 10.5. The van der Waals surface area contributed by atoms with Crippen LogP contribution in [-0.4, -0.2) is 24.2 Å². The molecule has 0 radical (unpaired) electrons. The van der Waals surface area contributed by atoms with Gasteiger partial charge in [0.15, 0.2) is 0 Å². The lowest BCUT2D eigenvalue weighted by Crippen LogP contribution is -2.29. The quantitative estimate of drug-likeness (QED) is 0.659. The van der Waals surface area contributed by atoms with Crippen LogP contribution in [0.3, 0.4) is 0 Å². The van der Waals surface area contributed by atoms with E-state index in [-0.39, 0.29) is 10.6 Å². The van der Waals surface area contributed by atoms with Crippen molar-refractivity contribution in [2.75, 3.05) is 12.4 Å². The average molecular weight is 250 g/mol. The number of methoxy groups -OCH3 is 1. The Morgan fingerprint density at radius 2 is 1.83 bits per heavy atom. The zero-order valence-electron chi connectivity index (χ0n) is 10.5. The van der Waals surface area contributed by atoms with Crippen molar-refractivity contribution in [1.82, 2.24) is 0 Å². The normalized spacial score (nSPS) is 23.6. The Morgan fingerprint density at radius 1 is 1.22 bits per heavy atom. The highest BCUT2D eigenvalue weighted by Crippen LogP contribution is 2.24. The Bertz CT molecular complexity index is 397. The highest BCUT2D eigenvalue weighted by molar-refractivity contribution is 5.49. The Morgan fingerprint density at radius 3 is 2.33 bits per heavy atom. The van der Waals surface area contributed by atoms with E-state index in [0.717, 1.165) is 31.4 Å². The molecule has 0 heterocycles. The maximum Gasteiger partial charge on any atom is 0.269 e. The van der Waals surface area contributed by atoms with Crippen LogP contribution < -0.4 is 5.32 Å². The summed E-state index contributed by atoms with van der Waals surface area (Å²) >= 11 is 0. The molecule has 1 aromatic carbocycles. The topological polar surface area (TPSA) is 64.4 Å². The number of nitro groups is 1. The van der Waals surface area contributed by atoms with E-state index in [9.17, 15) is 10.1 Å². The summed E-state index contributed by atoms with van der Waals surface area (Å²) in [6, 6.07) is 7.03. The van der Waals surface area contributed by atoms with Crippen LogP contribution in [0.4, 0.5) is 11.4 Å². The molecule has 98 valence electrons. The number of hydrogen-bond acceptors (Lipinski definition) is 4. The molecule has 2 rings (SSSR count). The van der Waals surface area contributed by atoms with Gasteiger partial charge >= 0.3 is 0 Å². The molecule has 1 N–H and O–H groups in total. The molecule has 5 heteroatoms. The van der Waals surface area contributed by atoms with Crippen LogP contribution in [0, 0.1) is 10.1 Å². The number of hydrogen-bond donors (Lipinski definition) is 1. The van der Waals surface area contributed by atoms with Crippen molar-refractivity contribution < 1.29 is 9.66 Å². The molecule has 0 aromatic heterocycles. The number of rotatable bonds is 4. The van der Waals surface area contributed by atoms with Gasteiger partial charge in [-0.25, -0.2) is 0 Å². The van der Waals surface area contributed by atoms with E-state index in [2.05, 4.69) is 5.32 Å². The number of nitrogens with one attached hydrogen (secondary N) is 1. The molecule has 0 aliphatic heterocycles. The molecule has 1 fully saturated rings. The molecule has 1 aliphatic rings. The fourth-order valence-corrected chi connectivity index (χ4v) is 2.36. The molecule has 0 unspecified atom stereocenters. The Hall–Kier alpha value is -1.62. The molecular weight excluding hydrogens is 232 g/mol. The van der Waals surface area contributed by atoms with Crippen molar-refractivity contribution in [1.29, 1.82) is 0 Å². The second kappa shape index (κ2) is 5.82. The van der Waals surface area contributed by atoms with E-state index in [1.54, 1.807) is 19.2 Å². The monoisotopic (exact) mass is 250 g/mol. The third-order valence-corrected chi connectivity index (χ3v) is 3.46. The molecule has 0 saturated heterocycles. The van der Waals surface area contributed by atoms with Crippen LogP contribution in [0.1, 0.15) is 25.7 Å². The molecular formula is C13H18N2O3. The molecule has 0 atom stereocenters. The lowest BCUT2D eigenvalue weighted by molar-refractivity contribution is -0.384. The first-order valence-electron chi connectivity index (χ1n) is 6.23. The predicted octanol–water partition coefficient (Wildman–Crippen LogP) is 2.96. The fraction of sp³-hybridized carbons (Fsp3) is 0.538. The standard InChI is InChI=1S/C13H18N2O3/c1-18-13-8-4-11(5-9-13)14-10-2-6-12(7-3-10)15(16)17/h2-3,6-7,11,13-14H,4-5,8-9H2,1H3. The highest BCUT2D eigenvalue weighted by Gasteiger charge is 2.20. The zero-order chi connectivity index (χ0) is 13.0. The lowest BCUT2D eigenvalue weighted by Gasteiger charge is -2.28. The summed E-state index contributed by atoms with van der Waals surface area (Å²) in [5.41, 5.74) is 1.07. The molecule has 1 saturated carbocycles. The number of anilines is 1. The van der Waals surface area contributed by atoms with Crippen molar-refractivity contribution in [2.24, 2.45) is 0 Å². The second-order valence-electron chi connectivity index (χ2n) is 4.66. The summed E-state index contributed by atoms with van der Waals surface area (Å²) in [5.74, 6) is 0. The lowest BCUT2D eigenvalue weighted by atomic mass is 9.93. The fourth-order valence-electron chi connectivity index (χ4n) is 2.36. The first-order valence-corrected chi connectivity index (χ1v) is 6.23. The molecule has 0 bridgehead atoms. The van der Waals surface area contributed by atoms with Crippen LogP contribution >= 0.6 is 0 Å². The van der Waals surface area contributed by atoms with E-state index >= 15 is 0 Å². The van der Waals surface area contributed by atoms with Crippen molar-refractivity contribution in [3.05, 3.63) is 34.4 Å². The summed E-state index contributed by atoms with van der Waals surface area (Å²) in [6.07, 6.45) is 4.69. The van der Waals surface area contributed by atoms with Crippen LogP contribution in [-0.2, 0) is 4.74 Å². The van der Waals surface area contributed by atoms with Gasteiger partial charge in [0.2, 0.25) is 0 Å². The minimum absolute atomic E-state index is 0.128. The summed E-state index contributed by atoms with van der Waals surface area (Å²) < 4.78 is 5.33. The van der Waals surface area contributed by atoms with Gasteiger partial charge in [-0.2, -0.15) is 0 Å². The van der Waals surface area contributed by atoms with Crippen molar-refractivity contribution in [3.63, 3.8) is 0 Å². The molecule has 0 spiro atoms. The van der Waals surface area contributed by atoms with Crippen LogP contribution in [0.25, 0.3) is 0 Å². The molecule has 0 amide bonds. The Kier molecular flexibility index (Phi) is 4.15. The average Bonchev–Trinajstić information content (AvgIpc) is 2.40. The first kappa shape index (κ1) is 12.8. The van der Waals surface area contributed by atoms with E-state index in [1.165, 1.54) is 12.1 Å². The van der Waals surface area contributed by atoms with Crippen LogP contribution in [0.15, 0.2) is 24.3 Å². The van der Waals surface area contributed by atoms with Gasteiger partial charge in [0, 0.05) is 31.0 Å². The van der Waals surface area contributed by atoms with Gasteiger partial charge in [-0.1, -0.05) is 0 Å². The summed E-state index contributed by atoms with van der Waals surface area (Å²) in [7, 11) is 1.76. The largest absolute Gasteiger partial charge is 0.382 e. The van der Waals surface area contributed by atoms with Gasteiger partial charge in [0.1, 0.15) is 0 Å². The minimum Gasteiger partial charge on any atom is -0.382 e. The molecule has 18 heavy (non-hydrogen) atoms. The smallest absolute Gasteiger partial charge is 0.269 e. The van der Waals surface area contributed by atoms with E-state index in [0.29, 0.717) is 12.1 Å². The maximum atomic E-state index is 10.5. The number of nitrogens with zero attached hydrogens (tertiary/aromatic N) is 1. The highest BCUT2D eigenvalue weighted by atomic mass is 16.6. The van der Waals surface area contributed by atoms with Crippen molar-refractivity contribution >= 4 is 11.4 Å². The van der Waals surface area contributed by atoms with E-state index < -0.39 is 0 Å². The Balaban J connectivity index is 1.88. The third-order valence-electron chi connectivity index (χ3n) is 3.46. The van der Waals surface area contributed by atoms with Gasteiger partial charge in [0.05, 0.1) is 11.0 Å². The Labute approximate surface area is 106 Å². The van der Waals surface area contributed by atoms with Gasteiger partial charge in [-0.3, -0.25) is 10.1 Å². The summed E-state index contributed by atoms with van der Waals surface area (Å²) in [5, 5.41) is 14.0. The van der Waals surface area contributed by atoms with Crippen LogP contribution in [0.2, 0.25) is 0 Å². The van der Waals surface area contributed by atoms with Crippen molar-refractivity contribution in [3.8, 4) is 0 Å². The van der Waals surface area contributed by atoms with Gasteiger partial charge in [-0.15, -0.1) is 0 Å². The van der Waals surface area contributed by atoms with Gasteiger partial charge in [0.25, 0.3) is 5.69 Å². The molecule has 1 aromatic rings. The predicted molar refractivity (Wildman–Crippen MR) is 69.8 cm³/mol. The number of nitro benzene ring substituents is 1. The van der Waals surface area contributed by atoms with Crippen LogP contribution in [0.5, 0.6) is 0 Å². The first-order chi connectivity index (χ1) is 8.69. The minimum atomic E-state index is -0.381. The third kappa shape index (κ3) is 3.20. The second-order valence-corrected chi connectivity index (χ2v) is 4.66. The molecule has 1 aliphatic carbocycles. The van der Waals surface area contributed by atoms with E-state index in [1.807, 2.05) is 0 Å². The van der Waals surface area contributed by atoms with Gasteiger partial charge in [-0.05, 0) is 37.8 Å². The van der Waals surface area contributed by atoms with Gasteiger partial charge < -0.3 is 10.1 Å². The summed E-state index contributed by atoms with van der Waals surface area (Å²) in [6.45, 7) is 0. The SMILES string of the molecule is COC1CCC(Nc2ccc([N+](=O)[O-])cc2)CC1. The number of non-ortho nitro benzene ring substituents is 1. The maximum absolute atomic E-state index is 10.5.